The fourth-order valence-electron chi connectivity index (χ4n) is 5.78. The van der Waals surface area contributed by atoms with Crippen LogP contribution in [0.4, 0.5) is 28.4 Å². The lowest BCUT2D eigenvalue weighted by Gasteiger charge is -2.29. The topological polar surface area (TPSA) is 114 Å². The largest absolute Gasteiger partial charge is 0.465 e. The van der Waals surface area contributed by atoms with Crippen LogP contribution in [0.15, 0.2) is 146 Å². The molecular weight excluding hydrogens is 614 g/mol. The van der Waals surface area contributed by atoms with Crippen LogP contribution in [0.5, 0.6) is 0 Å². The molecule has 0 aliphatic rings. The van der Waals surface area contributed by atoms with Crippen LogP contribution in [0.2, 0.25) is 0 Å². The van der Waals surface area contributed by atoms with Crippen molar-refractivity contribution < 1.29 is 19.1 Å². The molecule has 2 heterocycles. The number of nitrogens with zero attached hydrogens (tertiary/aromatic N) is 3. The number of hydrogen-bond acceptors (Lipinski definition) is 7. The van der Waals surface area contributed by atoms with E-state index >= 15 is 0 Å². The first kappa shape index (κ1) is 30.8. The zero-order valence-electron chi connectivity index (χ0n) is 26.3. The maximum Gasteiger partial charge on any atom is 0.337 e. The van der Waals surface area contributed by atoms with Crippen LogP contribution < -0.4 is 15.5 Å². The lowest BCUT2D eigenvalue weighted by molar-refractivity contribution is 0.0600. The van der Waals surface area contributed by atoms with Crippen LogP contribution >= 0.6 is 0 Å². The number of amides is 2. The first-order chi connectivity index (χ1) is 24.0. The number of benzene rings is 5. The summed E-state index contributed by atoms with van der Waals surface area (Å²) in [5.41, 5.74) is 5.12. The van der Waals surface area contributed by atoms with E-state index in [1.165, 1.54) is 7.11 Å². The number of aromatic nitrogens is 2. The zero-order chi connectivity index (χ0) is 33.7. The third-order valence-electron chi connectivity index (χ3n) is 8.09. The molecule has 0 fully saturated rings. The molecule has 7 rings (SSSR count). The fraction of sp³-hybridized carbons (Fsp3) is 0.0250. The summed E-state index contributed by atoms with van der Waals surface area (Å²) >= 11 is 0. The Morgan fingerprint density at radius 2 is 1.02 bits per heavy atom. The number of rotatable bonds is 8. The van der Waals surface area contributed by atoms with Gasteiger partial charge in [-0.2, -0.15) is 0 Å². The monoisotopic (exact) mass is 643 g/mol. The van der Waals surface area contributed by atoms with Crippen molar-refractivity contribution >= 4 is 68.0 Å². The minimum absolute atomic E-state index is 0.348. The van der Waals surface area contributed by atoms with E-state index in [0.717, 1.165) is 10.8 Å². The van der Waals surface area contributed by atoms with Crippen molar-refractivity contribution in [2.24, 2.45) is 0 Å². The Bertz CT molecular complexity index is 2210. The van der Waals surface area contributed by atoms with Crippen molar-refractivity contribution in [1.82, 2.24) is 9.97 Å². The molecule has 238 valence electrons. The smallest absolute Gasteiger partial charge is 0.337 e. The molecule has 0 spiro atoms. The fourth-order valence-corrected chi connectivity index (χ4v) is 5.78. The number of ether oxygens (including phenoxy) is 1. The molecular formula is C40H29N5O4. The number of anilines is 5. The average Bonchev–Trinajstić information content (AvgIpc) is 3.15. The van der Waals surface area contributed by atoms with Gasteiger partial charge in [0.25, 0.3) is 11.8 Å². The van der Waals surface area contributed by atoms with Crippen molar-refractivity contribution in [2.45, 2.75) is 0 Å². The highest BCUT2D eigenvalue weighted by molar-refractivity contribution is 6.15. The number of esters is 1. The molecule has 0 bridgehead atoms. The molecule has 5 aromatic carbocycles. The molecule has 2 aromatic heterocycles. The summed E-state index contributed by atoms with van der Waals surface area (Å²) in [5, 5.41) is 7.87. The van der Waals surface area contributed by atoms with Gasteiger partial charge in [0.1, 0.15) is 0 Å². The highest BCUT2D eigenvalue weighted by Crippen LogP contribution is 2.39. The van der Waals surface area contributed by atoms with Gasteiger partial charge in [0.05, 0.1) is 57.6 Å². The number of carbonyl (C=O) groups is 3. The van der Waals surface area contributed by atoms with Crippen LogP contribution in [0.25, 0.3) is 21.8 Å². The van der Waals surface area contributed by atoms with E-state index < -0.39 is 5.97 Å². The summed E-state index contributed by atoms with van der Waals surface area (Å²) < 4.78 is 4.91. The lowest BCUT2D eigenvalue weighted by Crippen LogP contribution is -2.22. The molecule has 0 aliphatic carbocycles. The second-order valence-electron chi connectivity index (χ2n) is 11.1. The summed E-state index contributed by atoms with van der Waals surface area (Å²) in [4.78, 5) is 51.3. The maximum absolute atomic E-state index is 14.1. The van der Waals surface area contributed by atoms with E-state index in [4.69, 9.17) is 4.74 Å². The van der Waals surface area contributed by atoms with E-state index in [-0.39, 0.29) is 11.8 Å². The van der Waals surface area contributed by atoms with Gasteiger partial charge in [-0.25, -0.2) is 4.79 Å². The van der Waals surface area contributed by atoms with Gasteiger partial charge in [-0.15, -0.1) is 0 Å². The molecule has 0 atom stereocenters. The van der Waals surface area contributed by atoms with Crippen molar-refractivity contribution in [3.8, 4) is 0 Å². The predicted octanol–water partition coefficient (Wildman–Crippen LogP) is 8.54. The molecule has 9 nitrogen and oxygen atoms in total. The van der Waals surface area contributed by atoms with Gasteiger partial charge in [0.2, 0.25) is 0 Å². The first-order valence-corrected chi connectivity index (χ1v) is 15.5. The number of nitrogens with one attached hydrogen (secondary N) is 2. The first-order valence-electron chi connectivity index (χ1n) is 15.5. The summed E-state index contributed by atoms with van der Waals surface area (Å²) in [6.07, 6.45) is 3.36. The van der Waals surface area contributed by atoms with Crippen molar-refractivity contribution in [1.29, 1.82) is 0 Å². The molecule has 2 amide bonds. The SMILES string of the molecule is COC(=O)c1ccc(N(c2ccccc2C(=O)Nc2cccc3cccnc23)c2ccccc2C(=O)Nc2cccc3cccnc23)cc1. The Labute approximate surface area is 281 Å². The van der Waals surface area contributed by atoms with Crippen LogP contribution in [0.1, 0.15) is 31.1 Å². The molecule has 7 aromatic rings. The third kappa shape index (κ3) is 6.16. The van der Waals surface area contributed by atoms with Gasteiger partial charge in [0, 0.05) is 28.9 Å². The van der Waals surface area contributed by atoms with Gasteiger partial charge >= 0.3 is 5.97 Å². The number of pyridine rings is 2. The summed E-state index contributed by atoms with van der Waals surface area (Å²) in [6.45, 7) is 0. The molecule has 0 saturated carbocycles. The molecule has 0 aliphatic heterocycles. The summed E-state index contributed by atoms with van der Waals surface area (Å²) in [7, 11) is 1.32. The maximum atomic E-state index is 14.1. The minimum Gasteiger partial charge on any atom is -0.465 e. The molecule has 2 N–H and O–H groups in total. The van der Waals surface area contributed by atoms with Crippen molar-refractivity contribution in [3.05, 3.63) is 163 Å². The summed E-state index contributed by atoms with van der Waals surface area (Å²) in [5.74, 6) is -1.22. The second kappa shape index (κ2) is 13.5. The number of methoxy groups -OCH3 is 1. The van der Waals surface area contributed by atoms with Crippen molar-refractivity contribution in [3.63, 3.8) is 0 Å². The van der Waals surface area contributed by atoms with Gasteiger partial charge in [-0.1, -0.05) is 60.7 Å². The Balaban J connectivity index is 1.34. The summed E-state index contributed by atoms with van der Waals surface area (Å²) in [6, 6.07) is 39.8. The van der Waals surface area contributed by atoms with Gasteiger partial charge in [-0.3, -0.25) is 19.6 Å². The van der Waals surface area contributed by atoms with Crippen LogP contribution in [-0.4, -0.2) is 34.9 Å². The molecule has 49 heavy (non-hydrogen) atoms. The number of carbonyl (C=O) groups excluding carboxylic acids is 3. The normalized spacial score (nSPS) is 10.8. The average molecular weight is 644 g/mol. The van der Waals surface area contributed by atoms with E-state index in [0.29, 0.717) is 56.2 Å². The highest BCUT2D eigenvalue weighted by Gasteiger charge is 2.25. The Morgan fingerprint density at radius 3 is 1.51 bits per heavy atom. The third-order valence-corrected chi connectivity index (χ3v) is 8.09. The zero-order valence-corrected chi connectivity index (χ0v) is 26.3. The Hall–Kier alpha value is -6.87. The standard InChI is InChI=1S/C40H29N5O4/c1-49-40(48)28-20-22-29(23-21-28)45(34-18-4-2-14-30(34)38(46)43-32-16-6-10-26-12-8-24-41-36(26)32)35-19-5-3-15-31(35)39(47)44-33-17-7-11-27-13-9-25-42-37(27)33/h2-25H,1H3,(H,43,46)(H,44,47). The van der Waals surface area contributed by atoms with Crippen LogP contribution in [-0.2, 0) is 4.74 Å². The Kier molecular flexibility index (Phi) is 8.46. The quantitative estimate of drug-likeness (QED) is 0.160. The van der Waals surface area contributed by atoms with Gasteiger partial charge in [0.15, 0.2) is 0 Å². The van der Waals surface area contributed by atoms with Crippen molar-refractivity contribution in [2.75, 3.05) is 22.6 Å². The lowest BCUT2D eigenvalue weighted by atomic mass is 10.0. The molecule has 0 radical (unpaired) electrons. The highest BCUT2D eigenvalue weighted by atomic mass is 16.5. The molecule has 0 unspecified atom stereocenters. The van der Waals surface area contributed by atoms with Gasteiger partial charge < -0.3 is 20.3 Å². The predicted molar refractivity (Wildman–Crippen MR) is 192 cm³/mol. The van der Waals surface area contributed by atoms with Gasteiger partial charge in [-0.05, 0) is 72.8 Å². The minimum atomic E-state index is -0.481. The molecule has 9 heteroatoms. The number of fused-ring (bicyclic) bond motifs is 2. The Morgan fingerprint density at radius 1 is 0.551 bits per heavy atom. The van der Waals surface area contributed by atoms with E-state index in [1.807, 2.05) is 77.7 Å². The molecule has 0 saturated heterocycles. The van der Waals surface area contributed by atoms with E-state index in [9.17, 15) is 14.4 Å². The van der Waals surface area contributed by atoms with E-state index in [2.05, 4.69) is 20.6 Å². The van der Waals surface area contributed by atoms with E-state index in [1.54, 1.807) is 73.1 Å². The number of hydrogen-bond donors (Lipinski definition) is 2. The number of para-hydroxylation sites is 4. The van der Waals surface area contributed by atoms with Crippen LogP contribution in [0.3, 0.4) is 0 Å². The van der Waals surface area contributed by atoms with Crippen LogP contribution in [0, 0.1) is 0 Å². The second-order valence-corrected chi connectivity index (χ2v) is 11.1.